The van der Waals surface area contributed by atoms with E-state index in [1.165, 1.54) is 19.2 Å². The van der Waals surface area contributed by atoms with Crippen molar-refractivity contribution in [2.24, 2.45) is 7.05 Å². The van der Waals surface area contributed by atoms with Crippen molar-refractivity contribution in [2.45, 2.75) is 23.9 Å². The van der Waals surface area contributed by atoms with Crippen molar-refractivity contribution < 1.29 is 48.6 Å². The average Bonchev–Trinajstić information content (AvgIpc) is 2.88. The first-order valence-electron chi connectivity index (χ1n) is 7.17. The predicted octanol–water partition coefficient (Wildman–Crippen LogP) is 5.16. The first-order chi connectivity index (χ1) is 12.6. The normalized spacial score (nSPS) is 13.7. The number of methoxy groups -OCH3 is 1. The van der Waals surface area contributed by atoms with Crippen molar-refractivity contribution in [3.05, 3.63) is 35.8 Å². The molecular weight excluding hydrogens is 414 g/mol. The Hall–Kier alpha value is -2.47. The lowest BCUT2D eigenvalue weighted by Gasteiger charge is -2.33. The van der Waals surface area contributed by atoms with Gasteiger partial charge < -0.3 is 4.74 Å². The standard InChI is InChI=1S/C15H10F10N2O/c1-27-11(12(17,18)13(19,20)14(21,22)15(23,24)25)9(16)10(26-27)7-3-5-8(28-2)6-4-7/h3-6H,1-2H3. The van der Waals surface area contributed by atoms with Crippen LogP contribution in [0.4, 0.5) is 43.9 Å². The Morgan fingerprint density at radius 2 is 1.36 bits per heavy atom. The highest BCUT2D eigenvalue weighted by Crippen LogP contribution is 2.57. The van der Waals surface area contributed by atoms with Crippen LogP contribution < -0.4 is 4.74 Å². The molecule has 0 spiro atoms. The molecule has 1 aromatic carbocycles. The van der Waals surface area contributed by atoms with Gasteiger partial charge in [-0.25, -0.2) is 4.39 Å². The van der Waals surface area contributed by atoms with Crippen molar-refractivity contribution in [1.29, 1.82) is 0 Å². The summed E-state index contributed by atoms with van der Waals surface area (Å²) in [7, 11) is 1.78. The van der Waals surface area contributed by atoms with Crippen LogP contribution >= 0.6 is 0 Å². The Balaban J connectivity index is 2.62. The van der Waals surface area contributed by atoms with Crippen molar-refractivity contribution in [2.75, 3.05) is 7.11 Å². The fraction of sp³-hybridized carbons (Fsp3) is 0.400. The van der Waals surface area contributed by atoms with E-state index in [0.29, 0.717) is 7.05 Å². The maximum atomic E-state index is 14.4. The molecule has 1 aromatic heterocycles. The van der Waals surface area contributed by atoms with Crippen LogP contribution in [0.2, 0.25) is 0 Å². The van der Waals surface area contributed by atoms with E-state index < -0.39 is 41.1 Å². The molecule has 0 fully saturated rings. The van der Waals surface area contributed by atoms with Gasteiger partial charge in [0, 0.05) is 12.6 Å². The van der Waals surface area contributed by atoms with E-state index in [9.17, 15) is 43.9 Å². The first-order valence-corrected chi connectivity index (χ1v) is 7.17. The molecule has 0 atom stereocenters. The number of ether oxygens (including phenoxy) is 1. The highest BCUT2D eigenvalue weighted by atomic mass is 19.4. The van der Waals surface area contributed by atoms with Gasteiger partial charge in [0.1, 0.15) is 11.4 Å². The zero-order valence-electron chi connectivity index (χ0n) is 13.9. The van der Waals surface area contributed by atoms with Gasteiger partial charge in [-0.3, -0.25) is 4.68 Å². The van der Waals surface area contributed by atoms with Crippen LogP contribution in [0.3, 0.4) is 0 Å². The van der Waals surface area contributed by atoms with E-state index in [-0.39, 0.29) is 16.0 Å². The number of halogens is 10. The maximum Gasteiger partial charge on any atom is 0.460 e. The number of alkyl halides is 9. The molecule has 0 aliphatic carbocycles. The molecule has 2 aromatic rings. The van der Waals surface area contributed by atoms with Crippen molar-refractivity contribution >= 4 is 0 Å². The van der Waals surface area contributed by atoms with Crippen LogP contribution in [0.25, 0.3) is 11.3 Å². The molecule has 156 valence electrons. The SMILES string of the molecule is COc1ccc(-c2nn(C)c(C(F)(F)C(F)(F)C(F)(F)C(F)(F)F)c2F)cc1. The Bertz CT molecular complexity index is 855. The van der Waals surface area contributed by atoms with Gasteiger partial charge in [0.15, 0.2) is 11.5 Å². The molecule has 0 amide bonds. The van der Waals surface area contributed by atoms with E-state index in [1.807, 2.05) is 0 Å². The van der Waals surface area contributed by atoms with Gasteiger partial charge in [0.2, 0.25) is 0 Å². The van der Waals surface area contributed by atoms with Gasteiger partial charge in [-0.2, -0.15) is 44.6 Å². The number of nitrogens with zero attached hydrogens (tertiary/aromatic N) is 2. The summed E-state index contributed by atoms with van der Waals surface area (Å²) in [4.78, 5) is 0. The monoisotopic (exact) mass is 424 g/mol. The fourth-order valence-electron chi connectivity index (χ4n) is 2.30. The largest absolute Gasteiger partial charge is 0.497 e. The molecule has 0 N–H and O–H groups in total. The summed E-state index contributed by atoms with van der Waals surface area (Å²) in [6.07, 6.45) is -7.01. The number of hydrogen-bond donors (Lipinski definition) is 0. The van der Waals surface area contributed by atoms with E-state index in [0.717, 1.165) is 12.1 Å². The van der Waals surface area contributed by atoms with E-state index in [1.54, 1.807) is 0 Å². The van der Waals surface area contributed by atoms with Gasteiger partial charge in [-0.15, -0.1) is 0 Å². The van der Waals surface area contributed by atoms with Crippen LogP contribution in [-0.2, 0) is 13.0 Å². The molecule has 13 heteroatoms. The molecule has 28 heavy (non-hydrogen) atoms. The van der Waals surface area contributed by atoms with Crippen LogP contribution in [0, 0.1) is 5.82 Å². The summed E-state index contributed by atoms with van der Waals surface area (Å²) in [6.45, 7) is 0. The molecule has 0 saturated carbocycles. The van der Waals surface area contributed by atoms with Gasteiger partial charge in [0.25, 0.3) is 0 Å². The zero-order valence-corrected chi connectivity index (χ0v) is 13.9. The van der Waals surface area contributed by atoms with Gasteiger partial charge >= 0.3 is 23.9 Å². The molecule has 0 aliphatic rings. The number of benzene rings is 1. The van der Waals surface area contributed by atoms with Crippen molar-refractivity contribution in [3.8, 4) is 17.0 Å². The third-order valence-corrected chi connectivity index (χ3v) is 3.79. The lowest BCUT2D eigenvalue weighted by Crippen LogP contribution is -2.60. The number of rotatable bonds is 5. The van der Waals surface area contributed by atoms with Crippen molar-refractivity contribution in [3.63, 3.8) is 0 Å². The van der Waals surface area contributed by atoms with E-state index >= 15 is 0 Å². The molecule has 0 radical (unpaired) electrons. The summed E-state index contributed by atoms with van der Waals surface area (Å²) in [5.74, 6) is -22.3. The van der Waals surface area contributed by atoms with Crippen LogP contribution in [0.15, 0.2) is 24.3 Å². The Labute approximate surface area is 150 Å². The first kappa shape index (κ1) is 21.8. The third kappa shape index (κ3) is 3.05. The van der Waals surface area contributed by atoms with Crippen LogP contribution in [0.1, 0.15) is 5.69 Å². The minimum atomic E-state index is -7.14. The predicted molar refractivity (Wildman–Crippen MR) is 75.0 cm³/mol. The summed E-state index contributed by atoms with van der Waals surface area (Å²) in [5, 5.41) is 3.22. The number of aromatic nitrogens is 2. The molecule has 1 heterocycles. The van der Waals surface area contributed by atoms with Crippen LogP contribution in [-0.4, -0.2) is 34.9 Å². The highest BCUT2D eigenvalue weighted by molar-refractivity contribution is 5.61. The Kier molecular flexibility index (Phi) is 5.11. The average molecular weight is 424 g/mol. The second-order valence-electron chi connectivity index (χ2n) is 5.58. The lowest BCUT2D eigenvalue weighted by atomic mass is 9.99. The molecule has 0 saturated heterocycles. The Morgan fingerprint density at radius 1 is 0.857 bits per heavy atom. The summed E-state index contributed by atoms with van der Waals surface area (Å²) < 4.78 is 137. The van der Waals surface area contributed by atoms with E-state index in [4.69, 9.17) is 4.74 Å². The topological polar surface area (TPSA) is 27.1 Å². The van der Waals surface area contributed by atoms with Crippen LogP contribution in [0.5, 0.6) is 5.75 Å². The van der Waals surface area contributed by atoms with E-state index in [2.05, 4.69) is 5.10 Å². The second-order valence-corrected chi connectivity index (χ2v) is 5.58. The smallest absolute Gasteiger partial charge is 0.460 e. The van der Waals surface area contributed by atoms with Gasteiger partial charge in [0.05, 0.1) is 7.11 Å². The van der Waals surface area contributed by atoms with Gasteiger partial charge in [-0.05, 0) is 24.3 Å². The van der Waals surface area contributed by atoms with Crippen molar-refractivity contribution in [1.82, 2.24) is 9.78 Å². The highest BCUT2D eigenvalue weighted by Gasteiger charge is 2.83. The third-order valence-electron chi connectivity index (χ3n) is 3.79. The molecule has 2 rings (SSSR count). The summed E-state index contributed by atoms with van der Waals surface area (Å²) in [5.41, 5.74) is -3.61. The molecule has 0 bridgehead atoms. The quantitative estimate of drug-likeness (QED) is 0.621. The molecular formula is C15H10F10N2O. The number of hydrogen-bond acceptors (Lipinski definition) is 2. The maximum absolute atomic E-state index is 14.4. The number of aryl methyl sites for hydroxylation is 1. The minimum absolute atomic E-state index is 0.213. The molecule has 0 aliphatic heterocycles. The molecule has 0 unspecified atom stereocenters. The molecule has 3 nitrogen and oxygen atoms in total. The summed E-state index contributed by atoms with van der Waals surface area (Å²) in [6, 6.07) is 4.64. The zero-order chi connectivity index (χ0) is 21.7. The van der Waals surface area contributed by atoms with Gasteiger partial charge in [-0.1, -0.05) is 0 Å². The lowest BCUT2D eigenvalue weighted by molar-refractivity contribution is -0.400. The minimum Gasteiger partial charge on any atom is -0.497 e. The Morgan fingerprint density at radius 3 is 1.79 bits per heavy atom. The second kappa shape index (κ2) is 6.55. The summed E-state index contributed by atoms with van der Waals surface area (Å²) >= 11 is 0. The fourth-order valence-corrected chi connectivity index (χ4v) is 2.30.